The molecule has 1 fully saturated rings. The van der Waals surface area contributed by atoms with E-state index in [0.29, 0.717) is 36.2 Å². The van der Waals surface area contributed by atoms with Crippen molar-refractivity contribution in [2.24, 2.45) is 0 Å². The number of rotatable bonds is 4. The largest absolute Gasteiger partial charge is 0.493 e. The maximum atomic E-state index is 12.8. The predicted molar refractivity (Wildman–Crippen MR) is 94.4 cm³/mol. The van der Waals surface area contributed by atoms with Gasteiger partial charge in [-0.1, -0.05) is 12.1 Å². The zero-order valence-electron chi connectivity index (χ0n) is 14.4. The Morgan fingerprint density at radius 2 is 1.96 bits per heavy atom. The lowest BCUT2D eigenvalue weighted by atomic mass is 10.1. The van der Waals surface area contributed by atoms with Crippen molar-refractivity contribution >= 4 is 16.9 Å². The van der Waals surface area contributed by atoms with Crippen LogP contribution in [0.15, 0.2) is 47.1 Å². The van der Waals surface area contributed by atoms with E-state index in [2.05, 4.69) is 9.97 Å². The zero-order chi connectivity index (χ0) is 17.9. The first-order valence-corrected chi connectivity index (χ1v) is 8.54. The number of carbonyl (C=O) groups is 1. The third-order valence-electron chi connectivity index (χ3n) is 4.48. The number of hydrogen-bond acceptors (Lipinski definition) is 6. The average molecular weight is 353 g/mol. The summed E-state index contributed by atoms with van der Waals surface area (Å²) in [6, 6.07) is 9.48. The van der Waals surface area contributed by atoms with Gasteiger partial charge in [-0.05, 0) is 18.2 Å². The number of amides is 1. The van der Waals surface area contributed by atoms with Crippen LogP contribution in [-0.4, -0.2) is 47.1 Å². The SMILES string of the molecule is COc1cccc2cc(C(=O)N3CCC(Oc4ncccn4)CC3)oc12. The van der Waals surface area contributed by atoms with E-state index < -0.39 is 0 Å². The van der Waals surface area contributed by atoms with Gasteiger partial charge < -0.3 is 18.8 Å². The lowest BCUT2D eigenvalue weighted by Crippen LogP contribution is -2.41. The highest BCUT2D eigenvalue weighted by atomic mass is 16.5. The highest BCUT2D eigenvalue weighted by Gasteiger charge is 2.27. The predicted octanol–water partition coefficient (Wildman–Crippen LogP) is 2.92. The monoisotopic (exact) mass is 353 g/mol. The molecule has 0 atom stereocenters. The summed E-state index contributed by atoms with van der Waals surface area (Å²) in [7, 11) is 1.58. The molecule has 0 radical (unpaired) electrons. The van der Waals surface area contributed by atoms with Crippen LogP contribution in [0.1, 0.15) is 23.4 Å². The Bertz CT molecular complexity index is 902. The highest BCUT2D eigenvalue weighted by molar-refractivity contribution is 5.97. The Morgan fingerprint density at radius 1 is 1.19 bits per heavy atom. The van der Waals surface area contributed by atoms with Crippen molar-refractivity contribution in [2.45, 2.75) is 18.9 Å². The molecule has 4 rings (SSSR count). The molecular formula is C19H19N3O4. The molecule has 7 heteroatoms. The lowest BCUT2D eigenvalue weighted by molar-refractivity contribution is 0.0552. The lowest BCUT2D eigenvalue weighted by Gasteiger charge is -2.31. The van der Waals surface area contributed by atoms with Crippen LogP contribution in [-0.2, 0) is 0 Å². The summed E-state index contributed by atoms with van der Waals surface area (Å²) in [6.07, 6.45) is 4.77. The van der Waals surface area contributed by atoms with Crippen molar-refractivity contribution in [3.05, 3.63) is 48.5 Å². The molecule has 3 heterocycles. The van der Waals surface area contributed by atoms with Gasteiger partial charge in [0, 0.05) is 43.7 Å². The second-order valence-corrected chi connectivity index (χ2v) is 6.13. The molecule has 0 saturated carbocycles. The fraction of sp³-hybridized carbons (Fsp3) is 0.316. The first-order chi connectivity index (χ1) is 12.7. The molecule has 0 unspecified atom stereocenters. The maximum absolute atomic E-state index is 12.8. The van der Waals surface area contributed by atoms with Gasteiger partial charge in [-0.2, -0.15) is 0 Å². The number of methoxy groups -OCH3 is 1. The second kappa shape index (κ2) is 7.03. The minimum absolute atomic E-state index is 0.0113. The van der Waals surface area contributed by atoms with Gasteiger partial charge in [-0.15, -0.1) is 0 Å². The number of furan rings is 1. The van der Waals surface area contributed by atoms with E-state index in [1.54, 1.807) is 36.5 Å². The number of likely N-dealkylation sites (tertiary alicyclic amines) is 1. The van der Waals surface area contributed by atoms with Crippen LogP contribution >= 0.6 is 0 Å². The minimum Gasteiger partial charge on any atom is -0.493 e. The highest BCUT2D eigenvalue weighted by Crippen LogP contribution is 2.29. The van der Waals surface area contributed by atoms with Crippen molar-refractivity contribution in [2.75, 3.05) is 20.2 Å². The van der Waals surface area contributed by atoms with Crippen LogP contribution in [0.25, 0.3) is 11.0 Å². The molecule has 1 saturated heterocycles. The molecule has 1 aromatic carbocycles. The molecule has 0 bridgehead atoms. The van der Waals surface area contributed by atoms with E-state index in [-0.39, 0.29) is 12.0 Å². The molecule has 0 spiro atoms. The van der Waals surface area contributed by atoms with Crippen molar-refractivity contribution < 1.29 is 18.7 Å². The van der Waals surface area contributed by atoms with Gasteiger partial charge in [0.1, 0.15) is 6.10 Å². The van der Waals surface area contributed by atoms with Crippen molar-refractivity contribution in [3.8, 4) is 11.8 Å². The van der Waals surface area contributed by atoms with Crippen LogP contribution in [0.4, 0.5) is 0 Å². The fourth-order valence-electron chi connectivity index (χ4n) is 3.13. The molecule has 1 aliphatic heterocycles. The van der Waals surface area contributed by atoms with Crippen LogP contribution in [0.2, 0.25) is 0 Å². The van der Waals surface area contributed by atoms with E-state index in [1.165, 1.54) is 0 Å². The third-order valence-corrected chi connectivity index (χ3v) is 4.48. The fourth-order valence-corrected chi connectivity index (χ4v) is 3.13. The average Bonchev–Trinajstić information content (AvgIpc) is 3.13. The Labute approximate surface area is 150 Å². The molecule has 0 N–H and O–H groups in total. The first-order valence-electron chi connectivity index (χ1n) is 8.54. The van der Waals surface area contributed by atoms with Crippen LogP contribution < -0.4 is 9.47 Å². The number of piperidine rings is 1. The summed E-state index contributed by atoms with van der Waals surface area (Å²) >= 11 is 0. The van der Waals surface area contributed by atoms with E-state index >= 15 is 0 Å². The maximum Gasteiger partial charge on any atom is 0.316 e. The Kier molecular flexibility index (Phi) is 4.43. The van der Waals surface area contributed by atoms with Gasteiger partial charge in [0.15, 0.2) is 17.1 Å². The first kappa shape index (κ1) is 16.4. The Hall–Kier alpha value is -3.09. The van der Waals surface area contributed by atoms with E-state index in [0.717, 1.165) is 18.2 Å². The van der Waals surface area contributed by atoms with Gasteiger partial charge >= 0.3 is 6.01 Å². The normalized spacial score (nSPS) is 15.2. The topological polar surface area (TPSA) is 77.7 Å². The summed E-state index contributed by atoms with van der Waals surface area (Å²) in [5, 5.41) is 0.854. The molecule has 1 amide bonds. The van der Waals surface area contributed by atoms with Gasteiger partial charge in [-0.25, -0.2) is 9.97 Å². The van der Waals surface area contributed by atoms with Gasteiger partial charge in [0.05, 0.1) is 7.11 Å². The molecule has 7 nitrogen and oxygen atoms in total. The number of carbonyl (C=O) groups excluding carboxylic acids is 1. The number of nitrogens with zero attached hydrogens (tertiary/aromatic N) is 3. The molecular weight excluding hydrogens is 334 g/mol. The molecule has 134 valence electrons. The molecule has 26 heavy (non-hydrogen) atoms. The summed E-state index contributed by atoms with van der Waals surface area (Å²) in [4.78, 5) is 22.7. The summed E-state index contributed by atoms with van der Waals surface area (Å²) < 4.78 is 16.8. The Morgan fingerprint density at radius 3 is 2.69 bits per heavy atom. The standard InChI is InChI=1S/C19H19N3O4/c1-24-15-5-2-4-13-12-16(26-17(13)15)18(23)22-10-6-14(7-11-22)25-19-20-8-3-9-21-19/h2-5,8-9,12,14H,6-7,10-11H2,1H3. The number of ether oxygens (including phenoxy) is 2. The van der Waals surface area contributed by atoms with Crippen LogP contribution in [0.3, 0.4) is 0 Å². The third kappa shape index (κ3) is 3.20. The Balaban J connectivity index is 1.42. The number of hydrogen-bond donors (Lipinski definition) is 0. The van der Waals surface area contributed by atoms with Crippen LogP contribution in [0, 0.1) is 0 Å². The molecule has 1 aliphatic rings. The number of para-hydroxylation sites is 1. The summed E-state index contributed by atoms with van der Waals surface area (Å²) in [5.41, 5.74) is 0.595. The molecule has 2 aromatic heterocycles. The summed E-state index contributed by atoms with van der Waals surface area (Å²) in [5.74, 6) is 0.837. The van der Waals surface area contributed by atoms with Gasteiger partial charge in [0.2, 0.25) is 0 Å². The van der Waals surface area contributed by atoms with Gasteiger partial charge in [-0.3, -0.25) is 4.79 Å². The zero-order valence-corrected chi connectivity index (χ0v) is 14.4. The van der Waals surface area contributed by atoms with Crippen molar-refractivity contribution in [1.82, 2.24) is 14.9 Å². The quantitative estimate of drug-likeness (QED) is 0.718. The van der Waals surface area contributed by atoms with E-state index in [4.69, 9.17) is 13.9 Å². The smallest absolute Gasteiger partial charge is 0.316 e. The number of fused-ring (bicyclic) bond motifs is 1. The molecule has 3 aromatic rings. The number of benzene rings is 1. The second-order valence-electron chi connectivity index (χ2n) is 6.13. The molecule has 0 aliphatic carbocycles. The van der Waals surface area contributed by atoms with Crippen LogP contribution in [0.5, 0.6) is 11.8 Å². The van der Waals surface area contributed by atoms with E-state index in [1.807, 2.05) is 18.2 Å². The van der Waals surface area contributed by atoms with Crippen molar-refractivity contribution in [1.29, 1.82) is 0 Å². The summed E-state index contributed by atoms with van der Waals surface area (Å²) in [6.45, 7) is 1.20. The van der Waals surface area contributed by atoms with Gasteiger partial charge in [0.25, 0.3) is 5.91 Å². The van der Waals surface area contributed by atoms with E-state index in [9.17, 15) is 4.79 Å². The number of aromatic nitrogens is 2. The minimum atomic E-state index is -0.113. The van der Waals surface area contributed by atoms with Crippen molar-refractivity contribution in [3.63, 3.8) is 0 Å².